The van der Waals surface area contributed by atoms with Crippen molar-refractivity contribution in [2.75, 3.05) is 14.2 Å². The first kappa shape index (κ1) is 16.5. The fraction of sp³-hybridized carbons (Fsp3) is 0.600. The third kappa shape index (κ3) is 3.01. The molecule has 0 amide bonds. The largest absolute Gasteiger partial charge is 0.468 e. The molecule has 1 aliphatic rings. The van der Waals surface area contributed by atoms with Crippen molar-refractivity contribution in [3.8, 4) is 0 Å². The molecule has 2 rings (SSSR count). The van der Waals surface area contributed by atoms with Gasteiger partial charge in [0.05, 0.1) is 14.2 Å². The standard InChI is InChI=1S/C15H19BrO4S/c1-19-13(17)15(14(18)20-2,10-5-3-4-6-10)9-12-11(16)7-8-21-12/h7-8,10H,3-6,9H2,1-2H3. The second-order valence-corrected chi connectivity index (χ2v) is 7.16. The molecule has 6 heteroatoms. The van der Waals surface area contributed by atoms with Gasteiger partial charge in [-0.15, -0.1) is 11.3 Å². The van der Waals surface area contributed by atoms with Gasteiger partial charge in [0.25, 0.3) is 0 Å². The molecule has 0 aliphatic heterocycles. The molecule has 1 aliphatic carbocycles. The molecular weight excluding hydrogens is 356 g/mol. The van der Waals surface area contributed by atoms with Gasteiger partial charge in [-0.25, -0.2) is 0 Å². The second kappa shape index (κ2) is 6.92. The molecule has 116 valence electrons. The normalized spacial score (nSPS) is 16.0. The highest BCUT2D eigenvalue weighted by molar-refractivity contribution is 9.10. The van der Waals surface area contributed by atoms with Gasteiger partial charge in [-0.3, -0.25) is 9.59 Å². The van der Waals surface area contributed by atoms with Gasteiger partial charge in [0.1, 0.15) is 0 Å². The molecule has 1 fully saturated rings. The van der Waals surface area contributed by atoms with E-state index in [0.29, 0.717) is 6.42 Å². The summed E-state index contributed by atoms with van der Waals surface area (Å²) in [5, 5.41) is 1.94. The summed E-state index contributed by atoms with van der Waals surface area (Å²) >= 11 is 5.00. The fourth-order valence-corrected chi connectivity index (χ4v) is 4.78. The predicted molar refractivity (Wildman–Crippen MR) is 84.1 cm³/mol. The number of methoxy groups -OCH3 is 2. The van der Waals surface area contributed by atoms with Gasteiger partial charge in [0.15, 0.2) is 5.41 Å². The number of rotatable bonds is 5. The van der Waals surface area contributed by atoms with Crippen LogP contribution in [-0.2, 0) is 25.5 Å². The topological polar surface area (TPSA) is 52.6 Å². The third-order valence-electron chi connectivity index (χ3n) is 4.28. The van der Waals surface area contributed by atoms with Gasteiger partial charge in [-0.05, 0) is 46.1 Å². The molecule has 21 heavy (non-hydrogen) atoms. The van der Waals surface area contributed by atoms with Crippen LogP contribution in [0.4, 0.5) is 0 Å². The molecule has 1 saturated carbocycles. The summed E-state index contributed by atoms with van der Waals surface area (Å²) in [7, 11) is 2.66. The molecule has 0 spiro atoms. The minimum atomic E-state index is -1.23. The van der Waals surface area contributed by atoms with E-state index in [1.54, 1.807) is 0 Å². The fourth-order valence-electron chi connectivity index (χ4n) is 3.19. The number of thiophene rings is 1. The van der Waals surface area contributed by atoms with Crippen LogP contribution < -0.4 is 0 Å². The number of hydrogen-bond acceptors (Lipinski definition) is 5. The predicted octanol–water partition coefficient (Wildman–Crippen LogP) is 3.58. The first-order valence-corrected chi connectivity index (χ1v) is 8.62. The van der Waals surface area contributed by atoms with E-state index in [-0.39, 0.29) is 5.92 Å². The first-order chi connectivity index (χ1) is 10.1. The summed E-state index contributed by atoms with van der Waals surface area (Å²) in [6.45, 7) is 0. The Morgan fingerprint density at radius 2 is 1.86 bits per heavy atom. The summed E-state index contributed by atoms with van der Waals surface area (Å²) in [5.74, 6) is -0.991. The van der Waals surface area contributed by atoms with Crippen molar-refractivity contribution in [1.82, 2.24) is 0 Å². The van der Waals surface area contributed by atoms with Crippen molar-refractivity contribution in [2.45, 2.75) is 32.1 Å². The molecule has 0 aromatic carbocycles. The second-order valence-electron chi connectivity index (χ2n) is 5.30. The Kier molecular flexibility index (Phi) is 5.43. The molecule has 1 aromatic rings. The zero-order valence-corrected chi connectivity index (χ0v) is 14.6. The Balaban J connectivity index is 2.46. The van der Waals surface area contributed by atoms with Crippen LogP contribution in [0.15, 0.2) is 15.9 Å². The molecule has 0 bridgehead atoms. The minimum absolute atomic E-state index is 0.0219. The molecule has 4 nitrogen and oxygen atoms in total. The summed E-state index contributed by atoms with van der Waals surface area (Å²) in [5.41, 5.74) is -1.23. The Morgan fingerprint density at radius 3 is 2.29 bits per heavy atom. The number of carbonyl (C=O) groups excluding carboxylic acids is 2. The van der Waals surface area contributed by atoms with E-state index in [1.165, 1.54) is 25.6 Å². The van der Waals surface area contributed by atoms with Gasteiger partial charge >= 0.3 is 11.9 Å². The van der Waals surface area contributed by atoms with E-state index in [1.807, 2.05) is 11.4 Å². The van der Waals surface area contributed by atoms with Crippen molar-refractivity contribution in [3.63, 3.8) is 0 Å². The average Bonchev–Trinajstić information content (AvgIpc) is 3.15. The number of ether oxygens (including phenoxy) is 2. The minimum Gasteiger partial charge on any atom is -0.468 e. The van der Waals surface area contributed by atoms with Gasteiger partial charge < -0.3 is 9.47 Å². The highest BCUT2D eigenvalue weighted by Crippen LogP contribution is 2.45. The van der Waals surface area contributed by atoms with E-state index in [4.69, 9.17) is 9.47 Å². The maximum absolute atomic E-state index is 12.5. The van der Waals surface area contributed by atoms with Gasteiger partial charge in [0, 0.05) is 15.8 Å². The third-order valence-corrected chi connectivity index (χ3v) is 6.21. The number of carbonyl (C=O) groups is 2. The average molecular weight is 375 g/mol. The molecule has 0 atom stereocenters. The maximum atomic E-state index is 12.5. The van der Waals surface area contributed by atoms with Crippen molar-refractivity contribution >= 4 is 39.2 Å². The zero-order valence-electron chi connectivity index (χ0n) is 12.2. The molecule has 1 heterocycles. The summed E-state index contributed by atoms with van der Waals surface area (Å²) < 4.78 is 10.9. The van der Waals surface area contributed by atoms with E-state index in [2.05, 4.69) is 15.9 Å². The maximum Gasteiger partial charge on any atom is 0.323 e. The monoisotopic (exact) mass is 374 g/mol. The molecule has 1 aromatic heterocycles. The van der Waals surface area contributed by atoms with Crippen LogP contribution in [0, 0.1) is 11.3 Å². The number of halogens is 1. The SMILES string of the molecule is COC(=O)C(Cc1sccc1Br)(C(=O)OC)C1CCCC1. The van der Waals surface area contributed by atoms with Crippen molar-refractivity contribution in [2.24, 2.45) is 11.3 Å². The Morgan fingerprint density at radius 1 is 1.29 bits per heavy atom. The van der Waals surface area contributed by atoms with E-state index in [0.717, 1.165) is 35.0 Å². The Bertz CT molecular complexity index is 503. The van der Waals surface area contributed by atoms with E-state index in [9.17, 15) is 9.59 Å². The van der Waals surface area contributed by atoms with Crippen LogP contribution in [0.3, 0.4) is 0 Å². The smallest absolute Gasteiger partial charge is 0.323 e. The Labute approximate surface area is 136 Å². The van der Waals surface area contributed by atoms with Crippen molar-refractivity contribution in [3.05, 3.63) is 20.8 Å². The number of esters is 2. The van der Waals surface area contributed by atoms with Crippen molar-refractivity contribution < 1.29 is 19.1 Å². The van der Waals surface area contributed by atoms with Crippen LogP contribution >= 0.6 is 27.3 Å². The van der Waals surface area contributed by atoms with E-state index >= 15 is 0 Å². The van der Waals surface area contributed by atoms with Crippen LogP contribution in [-0.4, -0.2) is 26.2 Å². The van der Waals surface area contributed by atoms with Crippen LogP contribution in [0.2, 0.25) is 0 Å². The zero-order chi connectivity index (χ0) is 15.5. The van der Waals surface area contributed by atoms with Gasteiger partial charge in [0.2, 0.25) is 0 Å². The first-order valence-electron chi connectivity index (χ1n) is 6.95. The molecule has 0 radical (unpaired) electrons. The van der Waals surface area contributed by atoms with Crippen LogP contribution in [0.5, 0.6) is 0 Å². The van der Waals surface area contributed by atoms with Crippen molar-refractivity contribution in [1.29, 1.82) is 0 Å². The molecule has 0 unspecified atom stereocenters. The lowest BCUT2D eigenvalue weighted by molar-refractivity contribution is -0.173. The van der Waals surface area contributed by atoms with Crippen LogP contribution in [0.1, 0.15) is 30.6 Å². The van der Waals surface area contributed by atoms with Gasteiger partial charge in [-0.2, -0.15) is 0 Å². The highest BCUT2D eigenvalue weighted by Gasteiger charge is 2.55. The Hall–Kier alpha value is -0.880. The molecule has 0 N–H and O–H groups in total. The van der Waals surface area contributed by atoms with Crippen LogP contribution in [0.25, 0.3) is 0 Å². The number of hydrogen-bond donors (Lipinski definition) is 0. The lowest BCUT2D eigenvalue weighted by atomic mass is 9.71. The summed E-state index contributed by atoms with van der Waals surface area (Å²) in [4.78, 5) is 26.0. The summed E-state index contributed by atoms with van der Waals surface area (Å²) in [6.07, 6.45) is 4.10. The lowest BCUT2D eigenvalue weighted by Crippen LogP contribution is -2.48. The highest BCUT2D eigenvalue weighted by atomic mass is 79.9. The molecular formula is C15H19BrO4S. The van der Waals surface area contributed by atoms with E-state index < -0.39 is 17.4 Å². The van der Waals surface area contributed by atoms with Gasteiger partial charge in [-0.1, -0.05) is 12.8 Å². The summed E-state index contributed by atoms with van der Waals surface area (Å²) in [6, 6.07) is 1.92. The lowest BCUT2D eigenvalue weighted by Gasteiger charge is -2.33. The molecule has 0 saturated heterocycles. The quantitative estimate of drug-likeness (QED) is 0.583.